The van der Waals surface area contributed by atoms with Crippen molar-refractivity contribution in [2.45, 2.75) is 13.5 Å². The lowest BCUT2D eigenvalue weighted by molar-refractivity contribution is 0.0790. The molecule has 0 radical (unpaired) electrons. The summed E-state index contributed by atoms with van der Waals surface area (Å²) in [5.41, 5.74) is 1.13. The molecule has 1 heterocycles. The molecule has 0 bridgehead atoms. The average molecular weight is 324 g/mol. The highest BCUT2D eigenvalue weighted by molar-refractivity contribution is 9.10. The molecular formula is C14H14BrNOS. The molecule has 2 nitrogen and oxygen atoms in total. The zero-order chi connectivity index (χ0) is 13.1. The van der Waals surface area contributed by atoms with E-state index in [0.717, 1.165) is 19.8 Å². The Morgan fingerprint density at radius 1 is 1.22 bits per heavy atom. The molecule has 0 saturated carbocycles. The summed E-state index contributed by atoms with van der Waals surface area (Å²) >= 11 is 4.94. The Morgan fingerprint density at radius 2 is 1.89 bits per heavy atom. The summed E-state index contributed by atoms with van der Waals surface area (Å²) in [5.74, 6) is 0.0796. The third kappa shape index (κ3) is 3.21. The van der Waals surface area contributed by atoms with E-state index in [4.69, 9.17) is 0 Å². The van der Waals surface area contributed by atoms with E-state index >= 15 is 0 Å². The lowest BCUT2D eigenvalue weighted by atomic mass is 10.2. The van der Waals surface area contributed by atoms with E-state index < -0.39 is 0 Å². The van der Waals surface area contributed by atoms with Crippen molar-refractivity contribution < 1.29 is 4.79 Å². The van der Waals surface area contributed by atoms with Gasteiger partial charge in [0.05, 0.1) is 4.88 Å². The third-order valence-electron chi connectivity index (χ3n) is 2.63. The second kappa shape index (κ2) is 5.67. The maximum Gasteiger partial charge on any atom is 0.263 e. The molecule has 1 aromatic carbocycles. The van der Waals surface area contributed by atoms with Gasteiger partial charge in [-0.25, -0.2) is 0 Å². The number of halogens is 1. The summed E-state index contributed by atoms with van der Waals surface area (Å²) in [6.45, 7) is 2.64. The van der Waals surface area contributed by atoms with Crippen molar-refractivity contribution in [1.29, 1.82) is 0 Å². The molecule has 0 aliphatic rings. The summed E-state index contributed by atoms with van der Waals surface area (Å²) in [4.78, 5) is 15.9. The monoisotopic (exact) mass is 323 g/mol. The van der Waals surface area contributed by atoms with Gasteiger partial charge in [0, 0.05) is 22.9 Å². The number of thiophene rings is 1. The summed E-state index contributed by atoms with van der Waals surface area (Å²) in [6, 6.07) is 11.9. The Kier molecular flexibility index (Phi) is 4.19. The van der Waals surface area contributed by atoms with Gasteiger partial charge in [0.15, 0.2) is 0 Å². The van der Waals surface area contributed by atoms with Crippen LogP contribution in [0.25, 0.3) is 0 Å². The van der Waals surface area contributed by atoms with E-state index in [1.165, 1.54) is 11.3 Å². The SMILES string of the molecule is Cc1ccc(C(=O)N(C)Cc2ccc(Br)cc2)s1. The van der Waals surface area contributed by atoms with E-state index in [0.29, 0.717) is 6.54 Å². The Labute approximate surface area is 119 Å². The lowest BCUT2D eigenvalue weighted by Gasteiger charge is -2.16. The molecule has 0 atom stereocenters. The third-order valence-corrected chi connectivity index (χ3v) is 4.15. The highest BCUT2D eigenvalue weighted by Crippen LogP contribution is 2.18. The Balaban J connectivity index is 2.05. The van der Waals surface area contributed by atoms with Crippen molar-refractivity contribution in [2.75, 3.05) is 7.05 Å². The van der Waals surface area contributed by atoms with Crippen LogP contribution in [0, 0.1) is 6.92 Å². The fourth-order valence-corrected chi connectivity index (χ4v) is 2.80. The molecule has 0 aliphatic heterocycles. The van der Waals surface area contributed by atoms with Crippen molar-refractivity contribution in [3.05, 3.63) is 56.2 Å². The minimum absolute atomic E-state index is 0.0796. The van der Waals surface area contributed by atoms with Crippen molar-refractivity contribution >= 4 is 33.2 Å². The molecule has 2 rings (SSSR count). The van der Waals surface area contributed by atoms with E-state index in [9.17, 15) is 4.79 Å². The van der Waals surface area contributed by atoms with Crippen molar-refractivity contribution in [3.63, 3.8) is 0 Å². The first-order valence-corrected chi connectivity index (χ1v) is 7.23. The van der Waals surface area contributed by atoms with Gasteiger partial charge in [-0.1, -0.05) is 28.1 Å². The first kappa shape index (κ1) is 13.3. The van der Waals surface area contributed by atoms with E-state index in [-0.39, 0.29) is 5.91 Å². The predicted molar refractivity (Wildman–Crippen MR) is 79.0 cm³/mol. The molecule has 4 heteroatoms. The summed E-state index contributed by atoms with van der Waals surface area (Å²) in [6.07, 6.45) is 0. The van der Waals surface area contributed by atoms with Gasteiger partial charge in [-0.2, -0.15) is 0 Å². The molecule has 0 fully saturated rings. The average Bonchev–Trinajstić information content (AvgIpc) is 2.78. The number of carbonyl (C=O) groups is 1. The second-order valence-corrected chi connectivity index (χ2v) is 6.40. The van der Waals surface area contributed by atoms with Crippen LogP contribution >= 0.6 is 27.3 Å². The van der Waals surface area contributed by atoms with Crippen molar-refractivity contribution in [3.8, 4) is 0 Å². The Bertz CT molecular complexity index is 547. The van der Waals surface area contributed by atoms with Gasteiger partial charge in [0.25, 0.3) is 5.91 Å². The molecule has 0 spiro atoms. The van der Waals surface area contributed by atoms with Crippen LogP contribution < -0.4 is 0 Å². The number of rotatable bonds is 3. The van der Waals surface area contributed by atoms with Crippen molar-refractivity contribution in [1.82, 2.24) is 4.90 Å². The molecule has 0 aliphatic carbocycles. The van der Waals surface area contributed by atoms with Crippen LogP contribution in [0.2, 0.25) is 0 Å². The molecule has 2 aromatic rings. The van der Waals surface area contributed by atoms with E-state index in [2.05, 4.69) is 15.9 Å². The maximum atomic E-state index is 12.2. The minimum atomic E-state index is 0.0796. The highest BCUT2D eigenvalue weighted by Gasteiger charge is 2.13. The smallest absolute Gasteiger partial charge is 0.263 e. The molecule has 1 amide bonds. The fraction of sp³-hybridized carbons (Fsp3) is 0.214. The Hall–Kier alpha value is -1.13. The first-order valence-electron chi connectivity index (χ1n) is 5.62. The summed E-state index contributed by atoms with van der Waals surface area (Å²) in [5, 5.41) is 0. The number of aryl methyl sites for hydroxylation is 1. The number of nitrogens with zero attached hydrogens (tertiary/aromatic N) is 1. The molecule has 0 unspecified atom stereocenters. The molecule has 1 aromatic heterocycles. The van der Waals surface area contributed by atoms with Crippen LogP contribution in [-0.2, 0) is 6.54 Å². The zero-order valence-electron chi connectivity index (χ0n) is 10.3. The standard InChI is InChI=1S/C14H14BrNOS/c1-10-3-8-13(18-10)14(17)16(2)9-11-4-6-12(15)7-5-11/h3-8H,9H2,1-2H3. The van der Waals surface area contributed by atoms with E-state index in [1.807, 2.05) is 50.4 Å². The van der Waals surface area contributed by atoms with Gasteiger partial charge in [-0.05, 0) is 36.8 Å². The van der Waals surface area contributed by atoms with Crippen LogP contribution in [0.1, 0.15) is 20.1 Å². The second-order valence-electron chi connectivity index (χ2n) is 4.20. The highest BCUT2D eigenvalue weighted by atomic mass is 79.9. The van der Waals surface area contributed by atoms with Gasteiger partial charge in [0.2, 0.25) is 0 Å². The Morgan fingerprint density at radius 3 is 2.44 bits per heavy atom. The summed E-state index contributed by atoms with van der Waals surface area (Å²) in [7, 11) is 1.83. The van der Waals surface area contributed by atoms with Crippen LogP contribution in [0.4, 0.5) is 0 Å². The summed E-state index contributed by atoms with van der Waals surface area (Å²) < 4.78 is 1.05. The minimum Gasteiger partial charge on any atom is -0.337 e. The van der Waals surface area contributed by atoms with Gasteiger partial charge in [0.1, 0.15) is 0 Å². The van der Waals surface area contributed by atoms with E-state index in [1.54, 1.807) is 4.90 Å². The molecule has 18 heavy (non-hydrogen) atoms. The van der Waals surface area contributed by atoms with Crippen LogP contribution in [0.5, 0.6) is 0 Å². The van der Waals surface area contributed by atoms with Crippen LogP contribution in [-0.4, -0.2) is 17.9 Å². The van der Waals surface area contributed by atoms with Gasteiger partial charge in [-0.3, -0.25) is 4.79 Å². The largest absolute Gasteiger partial charge is 0.337 e. The van der Waals surface area contributed by atoms with Crippen LogP contribution in [0.3, 0.4) is 0 Å². The number of hydrogen-bond acceptors (Lipinski definition) is 2. The number of carbonyl (C=O) groups excluding carboxylic acids is 1. The molecule has 94 valence electrons. The number of hydrogen-bond donors (Lipinski definition) is 0. The topological polar surface area (TPSA) is 20.3 Å². The normalized spacial score (nSPS) is 10.4. The number of benzene rings is 1. The first-order chi connectivity index (χ1) is 8.56. The van der Waals surface area contributed by atoms with Gasteiger partial charge >= 0.3 is 0 Å². The molecular weight excluding hydrogens is 310 g/mol. The van der Waals surface area contributed by atoms with Crippen LogP contribution in [0.15, 0.2) is 40.9 Å². The van der Waals surface area contributed by atoms with Crippen molar-refractivity contribution in [2.24, 2.45) is 0 Å². The molecule has 0 saturated heterocycles. The fourth-order valence-electron chi connectivity index (χ4n) is 1.67. The maximum absolute atomic E-state index is 12.2. The van der Waals surface area contributed by atoms with Gasteiger partial charge in [-0.15, -0.1) is 11.3 Å². The molecule has 0 N–H and O–H groups in total. The quantitative estimate of drug-likeness (QED) is 0.833. The van der Waals surface area contributed by atoms with Gasteiger partial charge < -0.3 is 4.90 Å². The lowest BCUT2D eigenvalue weighted by Crippen LogP contribution is -2.25. The zero-order valence-corrected chi connectivity index (χ0v) is 12.7. The number of amides is 1. The predicted octanol–water partition coefficient (Wildman–Crippen LogP) is 4.09.